The van der Waals surface area contributed by atoms with Crippen LogP contribution in [-0.4, -0.2) is 25.0 Å². The summed E-state index contributed by atoms with van der Waals surface area (Å²) in [6, 6.07) is 2.81. The first-order chi connectivity index (χ1) is 6.72. The van der Waals surface area contributed by atoms with E-state index in [9.17, 15) is 4.79 Å². The minimum absolute atomic E-state index is 0.0920. The molecule has 2 rings (SSSR count). The predicted octanol–water partition coefficient (Wildman–Crippen LogP) is 1.12. The zero-order valence-corrected chi connectivity index (χ0v) is 7.44. The monoisotopic (exact) mass is 196 g/mol. The summed E-state index contributed by atoms with van der Waals surface area (Å²) in [5.41, 5.74) is 0.117. The van der Waals surface area contributed by atoms with Crippen molar-refractivity contribution >= 4 is 5.97 Å². The van der Waals surface area contributed by atoms with Crippen LogP contribution in [0.5, 0.6) is 17.2 Å². The molecular formula is C9H8O5. The molecule has 0 amide bonds. The molecule has 0 saturated heterocycles. The van der Waals surface area contributed by atoms with Gasteiger partial charge in [-0.3, -0.25) is 0 Å². The summed E-state index contributed by atoms with van der Waals surface area (Å²) in [6.45, 7) is 0.0920. The van der Waals surface area contributed by atoms with Gasteiger partial charge in [-0.15, -0.1) is 0 Å². The molecule has 0 fully saturated rings. The lowest BCUT2D eigenvalue weighted by Crippen LogP contribution is -1.97. The summed E-state index contributed by atoms with van der Waals surface area (Å²) in [6.07, 6.45) is 0. The fourth-order valence-electron chi connectivity index (χ4n) is 1.25. The second kappa shape index (κ2) is 3.10. The number of carbonyl (C=O) groups is 1. The number of fused-ring (bicyclic) bond motifs is 1. The van der Waals surface area contributed by atoms with Gasteiger partial charge in [0.2, 0.25) is 12.5 Å². The third-order valence-electron chi connectivity index (χ3n) is 1.91. The Balaban J connectivity index is 2.54. The number of rotatable bonds is 2. The number of carboxylic acids is 1. The van der Waals surface area contributed by atoms with Gasteiger partial charge < -0.3 is 19.3 Å². The summed E-state index contributed by atoms with van der Waals surface area (Å²) < 4.78 is 15.2. The molecule has 5 nitrogen and oxygen atoms in total. The molecule has 0 aliphatic carbocycles. The van der Waals surface area contributed by atoms with Crippen molar-refractivity contribution in [3.8, 4) is 17.2 Å². The molecule has 1 aromatic rings. The highest BCUT2D eigenvalue weighted by Crippen LogP contribution is 2.41. The van der Waals surface area contributed by atoms with Crippen molar-refractivity contribution in [2.45, 2.75) is 0 Å². The predicted molar refractivity (Wildman–Crippen MR) is 46.1 cm³/mol. The minimum atomic E-state index is -1.03. The molecule has 0 saturated carbocycles. The Hall–Kier alpha value is -1.91. The number of benzene rings is 1. The lowest BCUT2D eigenvalue weighted by atomic mass is 10.2. The maximum Gasteiger partial charge on any atom is 0.335 e. The Labute approximate surface area is 79.8 Å². The van der Waals surface area contributed by atoms with E-state index < -0.39 is 5.97 Å². The van der Waals surface area contributed by atoms with Crippen LogP contribution in [0.25, 0.3) is 0 Å². The number of hydrogen-bond acceptors (Lipinski definition) is 4. The fraction of sp³-hybridized carbons (Fsp3) is 0.222. The van der Waals surface area contributed by atoms with Crippen LogP contribution in [-0.2, 0) is 0 Å². The number of aromatic carboxylic acids is 1. The van der Waals surface area contributed by atoms with Crippen molar-refractivity contribution in [1.29, 1.82) is 0 Å². The second-order valence-electron chi connectivity index (χ2n) is 2.72. The van der Waals surface area contributed by atoms with Crippen molar-refractivity contribution in [1.82, 2.24) is 0 Å². The topological polar surface area (TPSA) is 65.0 Å². The van der Waals surface area contributed by atoms with E-state index in [1.165, 1.54) is 19.2 Å². The first kappa shape index (κ1) is 8.68. The highest BCUT2D eigenvalue weighted by molar-refractivity contribution is 5.89. The first-order valence-electron chi connectivity index (χ1n) is 3.93. The Kier molecular flexibility index (Phi) is 1.92. The van der Waals surface area contributed by atoms with Gasteiger partial charge in [-0.1, -0.05) is 0 Å². The number of ether oxygens (including phenoxy) is 3. The third kappa shape index (κ3) is 1.22. The van der Waals surface area contributed by atoms with Gasteiger partial charge in [0.1, 0.15) is 0 Å². The van der Waals surface area contributed by atoms with Gasteiger partial charge in [0, 0.05) is 0 Å². The molecule has 0 unspecified atom stereocenters. The van der Waals surface area contributed by atoms with E-state index in [0.717, 1.165) is 0 Å². The molecule has 1 aliphatic heterocycles. The highest BCUT2D eigenvalue weighted by Gasteiger charge is 2.21. The molecule has 1 heterocycles. The maximum absolute atomic E-state index is 10.7. The largest absolute Gasteiger partial charge is 0.493 e. The number of methoxy groups -OCH3 is 1. The fourth-order valence-corrected chi connectivity index (χ4v) is 1.25. The zero-order valence-electron chi connectivity index (χ0n) is 7.44. The lowest BCUT2D eigenvalue weighted by molar-refractivity contribution is 0.0696. The van der Waals surface area contributed by atoms with Gasteiger partial charge >= 0.3 is 5.97 Å². The average molecular weight is 196 g/mol. The summed E-state index contributed by atoms with van der Waals surface area (Å²) in [7, 11) is 1.45. The number of carboxylic acid groups (broad SMARTS) is 1. The second-order valence-corrected chi connectivity index (χ2v) is 2.72. The Morgan fingerprint density at radius 1 is 1.50 bits per heavy atom. The molecule has 1 aliphatic rings. The summed E-state index contributed by atoms with van der Waals surface area (Å²) in [5.74, 6) is 0.207. The minimum Gasteiger partial charge on any atom is -0.493 e. The Bertz CT molecular complexity index is 385. The zero-order chi connectivity index (χ0) is 10.1. The Morgan fingerprint density at radius 3 is 2.93 bits per heavy atom. The molecule has 74 valence electrons. The molecule has 0 bridgehead atoms. The summed E-state index contributed by atoms with van der Waals surface area (Å²) in [4.78, 5) is 10.7. The van der Waals surface area contributed by atoms with Crippen LogP contribution in [0.3, 0.4) is 0 Å². The smallest absolute Gasteiger partial charge is 0.335 e. The maximum atomic E-state index is 10.7. The van der Waals surface area contributed by atoms with E-state index in [0.29, 0.717) is 17.2 Å². The summed E-state index contributed by atoms with van der Waals surface area (Å²) in [5, 5.41) is 8.78. The van der Waals surface area contributed by atoms with Crippen molar-refractivity contribution in [2.24, 2.45) is 0 Å². The molecule has 0 spiro atoms. The van der Waals surface area contributed by atoms with Crippen LogP contribution < -0.4 is 14.2 Å². The molecule has 0 atom stereocenters. The highest BCUT2D eigenvalue weighted by atomic mass is 16.7. The van der Waals surface area contributed by atoms with Crippen molar-refractivity contribution in [3.63, 3.8) is 0 Å². The van der Waals surface area contributed by atoms with Crippen LogP contribution >= 0.6 is 0 Å². The normalized spacial score (nSPS) is 12.6. The molecular weight excluding hydrogens is 188 g/mol. The van der Waals surface area contributed by atoms with Gasteiger partial charge in [-0.25, -0.2) is 4.79 Å². The average Bonchev–Trinajstić information content (AvgIpc) is 2.63. The summed E-state index contributed by atoms with van der Waals surface area (Å²) >= 11 is 0. The van der Waals surface area contributed by atoms with Gasteiger partial charge in [-0.2, -0.15) is 0 Å². The Morgan fingerprint density at radius 2 is 2.29 bits per heavy atom. The SMILES string of the molecule is COc1cc(C(=O)O)cc2c1OCO2. The lowest BCUT2D eigenvalue weighted by Gasteiger charge is -2.05. The van der Waals surface area contributed by atoms with Crippen LogP contribution in [0.1, 0.15) is 10.4 Å². The van der Waals surface area contributed by atoms with Crippen molar-refractivity contribution in [2.75, 3.05) is 13.9 Å². The quantitative estimate of drug-likeness (QED) is 0.767. The van der Waals surface area contributed by atoms with E-state index in [4.69, 9.17) is 19.3 Å². The number of hydrogen-bond donors (Lipinski definition) is 1. The molecule has 1 aromatic carbocycles. The van der Waals surface area contributed by atoms with Crippen LogP contribution in [0.4, 0.5) is 0 Å². The van der Waals surface area contributed by atoms with Crippen LogP contribution in [0, 0.1) is 0 Å². The van der Waals surface area contributed by atoms with E-state index in [1.807, 2.05) is 0 Å². The van der Waals surface area contributed by atoms with Crippen LogP contribution in [0.15, 0.2) is 12.1 Å². The van der Waals surface area contributed by atoms with Crippen molar-refractivity contribution in [3.05, 3.63) is 17.7 Å². The van der Waals surface area contributed by atoms with E-state index in [2.05, 4.69) is 0 Å². The van der Waals surface area contributed by atoms with Crippen LogP contribution in [0.2, 0.25) is 0 Å². The van der Waals surface area contributed by atoms with Gasteiger partial charge in [0.15, 0.2) is 11.5 Å². The molecule has 1 N–H and O–H groups in total. The molecule has 0 radical (unpaired) electrons. The van der Waals surface area contributed by atoms with Crippen molar-refractivity contribution < 1.29 is 24.1 Å². The van der Waals surface area contributed by atoms with Gasteiger partial charge in [0.25, 0.3) is 0 Å². The van der Waals surface area contributed by atoms with Gasteiger partial charge in [0.05, 0.1) is 12.7 Å². The van der Waals surface area contributed by atoms with E-state index in [-0.39, 0.29) is 12.4 Å². The first-order valence-corrected chi connectivity index (χ1v) is 3.93. The molecule has 14 heavy (non-hydrogen) atoms. The molecule has 5 heteroatoms. The van der Waals surface area contributed by atoms with E-state index >= 15 is 0 Å². The molecule has 0 aromatic heterocycles. The third-order valence-corrected chi connectivity index (χ3v) is 1.91. The standard InChI is InChI=1S/C9H8O5/c1-12-6-2-5(9(10)11)3-7-8(6)14-4-13-7/h2-3H,4H2,1H3,(H,10,11). The van der Waals surface area contributed by atoms with E-state index in [1.54, 1.807) is 0 Å². The van der Waals surface area contributed by atoms with Gasteiger partial charge in [-0.05, 0) is 12.1 Å².